The maximum atomic E-state index is 13.2. The molecule has 3 atom stereocenters. The predicted octanol–water partition coefficient (Wildman–Crippen LogP) is 2.35. The summed E-state index contributed by atoms with van der Waals surface area (Å²) in [7, 11) is -2.54. The summed E-state index contributed by atoms with van der Waals surface area (Å²) >= 11 is 0. The van der Waals surface area contributed by atoms with Gasteiger partial charge in [0.1, 0.15) is 5.75 Å². The molecule has 6 N–H and O–H groups in total. The van der Waals surface area contributed by atoms with E-state index in [0.29, 0.717) is 18.7 Å². The lowest BCUT2D eigenvalue weighted by Crippen LogP contribution is -2.56. The molecular formula is C24H35N3O6S. The number of hydrogen-bond donors (Lipinski definition) is 5. The van der Waals surface area contributed by atoms with Crippen molar-refractivity contribution in [3.8, 4) is 5.75 Å². The van der Waals surface area contributed by atoms with Crippen LogP contribution in [0.5, 0.6) is 5.75 Å². The van der Waals surface area contributed by atoms with Gasteiger partial charge in [-0.15, -0.1) is 0 Å². The summed E-state index contributed by atoms with van der Waals surface area (Å²) < 4.78 is 34.0. The molecular weight excluding hydrogens is 458 g/mol. The molecule has 0 saturated carbocycles. The molecule has 0 aliphatic carbocycles. The highest BCUT2D eigenvalue weighted by Gasteiger charge is 2.36. The summed E-state index contributed by atoms with van der Waals surface area (Å²) in [4.78, 5) is 11.5. The Hall–Kier alpha value is -2.66. The Labute approximate surface area is 201 Å². The van der Waals surface area contributed by atoms with Crippen LogP contribution in [0.3, 0.4) is 0 Å². The fourth-order valence-corrected chi connectivity index (χ4v) is 5.16. The van der Waals surface area contributed by atoms with Crippen LogP contribution < -0.4 is 20.5 Å². The van der Waals surface area contributed by atoms with Crippen LogP contribution in [0.2, 0.25) is 0 Å². The quantitative estimate of drug-likeness (QED) is 0.287. The first kappa shape index (κ1) is 27.6. The van der Waals surface area contributed by atoms with Gasteiger partial charge in [-0.1, -0.05) is 44.2 Å². The highest BCUT2D eigenvalue weighted by Crippen LogP contribution is 2.29. The first-order chi connectivity index (χ1) is 16.0. The van der Waals surface area contributed by atoms with Gasteiger partial charge in [0.05, 0.1) is 30.2 Å². The third-order valence-electron chi connectivity index (χ3n) is 5.70. The minimum atomic E-state index is -4.02. The van der Waals surface area contributed by atoms with E-state index < -0.39 is 39.7 Å². The maximum absolute atomic E-state index is 13.2. The van der Waals surface area contributed by atoms with Crippen molar-refractivity contribution in [2.75, 3.05) is 13.7 Å². The Bertz CT molecular complexity index is 1010. The van der Waals surface area contributed by atoms with E-state index in [2.05, 4.69) is 10.0 Å². The fourth-order valence-electron chi connectivity index (χ4n) is 3.91. The Morgan fingerprint density at radius 3 is 2.24 bits per heavy atom. The predicted molar refractivity (Wildman–Crippen MR) is 130 cm³/mol. The largest absolute Gasteiger partial charge is 0.497 e. The number of aliphatic hydroxyl groups is 1. The monoisotopic (exact) mass is 493 g/mol. The minimum Gasteiger partial charge on any atom is -0.497 e. The number of carboxylic acid groups (broad SMARTS) is 1. The second kappa shape index (κ2) is 12.2. The minimum absolute atomic E-state index is 0.00735. The number of rotatable bonds is 13. The topological polar surface area (TPSA) is 151 Å². The van der Waals surface area contributed by atoms with Crippen LogP contribution in [0.4, 0.5) is 4.79 Å². The van der Waals surface area contributed by atoms with E-state index in [0.717, 1.165) is 5.56 Å². The van der Waals surface area contributed by atoms with E-state index >= 15 is 0 Å². The van der Waals surface area contributed by atoms with Crippen molar-refractivity contribution >= 4 is 16.1 Å². The molecule has 0 bridgehead atoms. The number of sulfonamides is 1. The molecule has 188 valence electrons. The number of carbonyl (C=O) groups is 1. The standard InChI is InChI=1S/C24H35N3O6S/c1-24(2,13-14-25)16-21(27-34(31,32)19-11-9-18(33-3)10-12-19)22(28)20(26-23(29)30)15-17-7-5-4-6-8-17/h4-12,20-22,26-28H,13-16,25H2,1-3H3,(H,29,30)/t20-,21?,22+/m0/s1. The van der Waals surface area contributed by atoms with Crippen LogP contribution in [0.1, 0.15) is 32.3 Å². The lowest BCUT2D eigenvalue weighted by Gasteiger charge is -2.35. The number of benzene rings is 2. The van der Waals surface area contributed by atoms with E-state index in [-0.39, 0.29) is 17.7 Å². The van der Waals surface area contributed by atoms with Gasteiger partial charge in [-0.25, -0.2) is 17.9 Å². The zero-order valence-electron chi connectivity index (χ0n) is 19.8. The first-order valence-electron chi connectivity index (χ1n) is 11.1. The molecule has 1 unspecified atom stereocenters. The smallest absolute Gasteiger partial charge is 0.404 e. The van der Waals surface area contributed by atoms with Crippen molar-refractivity contribution < 1.29 is 28.2 Å². The lowest BCUT2D eigenvalue weighted by molar-refractivity contribution is 0.0726. The molecule has 0 aliphatic heterocycles. The van der Waals surface area contributed by atoms with Gasteiger partial charge in [0.2, 0.25) is 10.0 Å². The number of nitrogens with one attached hydrogen (secondary N) is 2. The molecule has 1 amide bonds. The van der Waals surface area contributed by atoms with Gasteiger partial charge < -0.3 is 26.0 Å². The SMILES string of the molecule is COc1ccc(S(=O)(=O)NC(CC(C)(C)CCN)[C@H](O)[C@H](Cc2ccccc2)NC(=O)O)cc1. The molecule has 0 saturated heterocycles. The molecule has 9 nitrogen and oxygen atoms in total. The van der Waals surface area contributed by atoms with Crippen LogP contribution in [0.15, 0.2) is 59.5 Å². The van der Waals surface area contributed by atoms with Crippen molar-refractivity contribution in [2.45, 2.75) is 56.2 Å². The van der Waals surface area contributed by atoms with E-state index in [1.807, 2.05) is 44.2 Å². The van der Waals surface area contributed by atoms with E-state index in [4.69, 9.17) is 10.5 Å². The highest BCUT2D eigenvalue weighted by atomic mass is 32.2. The van der Waals surface area contributed by atoms with Gasteiger partial charge in [0, 0.05) is 0 Å². The molecule has 0 aromatic heterocycles. The average Bonchev–Trinajstić information content (AvgIpc) is 2.77. The van der Waals surface area contributed by atoms with Crippen LogP contribution in [0, 0.1) is 5.41 Å². The second-order valence-corrected chi connectivity index (χ2v) is 10.8. The summed E-state index contributed by atoms with van der Waals surface area (Å²) in [5.41, 5.74) is 6.13. The molecule has 0 radical (unpaired) electrons. The molecule has 2 aromatic rings. The zero-order valence-corrected chi connectivity index (χ0v) is 20.6. The Balaban J connectivity index is 2.38. The highest BCUT2D eigenvalue weighted by molar-refractivity contribution is 7.89. The Morgan fingerprint density at radius 1 is 1.09 bits per heavy atom. The van der Waals surface area contributed by atoms with Gasteiger partial charge >= 0.3 is 6.09 Å². The number of hydrogen-bond acceptors (Lipinski definition) is 6. The van der Waals surface area contributed by atoms with Crippen LogP contribution in [0.25, 0.3) is 0 Å². The lowest BCUT2D eigenvalue weighted by atomic mass is 9.80. The number of methoxy groups -OCH3 is 1. The summed E-state index contributed by atoms with van der Waals surface area (Å²) in [6, 6.07) is 13.1. The molecule has 0 heterocycles. The van der Waals surface area contributed by atoms with Crippen molar-refractivity contribution in [3.63, 3.8) is 0 Å². The molecule has 2 rings (SSSR count). The second-order valence-electron chi connectivity index (χ2n) is 9.05. The summed E-state index contributed by atoms with van der Waals surface area (Å²) in [6.07, 6.45) is -1.63. The molecule has 0 fully saturated rings. The van der Waals surface area contributed by atoms with E-state index in [1.165, 1.54) is 31.4 Å². The third kappa shape index (κ3) is 8.28. The number of amides is 1. The van der Waals surface area contributed by atoms with Crippen molar-refractivity contribution in [2.24, 2.45) is 11.1 Å². The van der Waals surface area contributed by atoms with Crippen LogP contribution >= 0.6 is 0 Å². The van der Waals surface area contributed by atoms with E-state index in [1.54, 1.807) is 0 Å². The van der Waals surface area contributed by atoms with Gasteiger partial charge in [-0.05, 0) is 61.1 Å². The zero-order chi connectivity index (χ0) is 25.4. The van der Waals surface area contributed by atoms with Gasteiger partial charge in [0.15, 0.2) is 0 Å². The average molecular weight is 494 g/mol. The number of nitrogens with two attached hydrogens (primary N) is 1. The summed E-state index contributed by atoms with van der Waals surface area (Å²) in [5.74, 6) is 0.508. The molecule has 10 heteroatoms. The third-order valence-corrected chi connectivity index (χ3v) is 7.21. The van der Waals surface area contributed by atoms with Crippen LogP contribution in [-0.4, -0.2) is 56.6 Å². The summed E-state index contributed by atoms with van der Waals surface area (Å²) in [5, 5.41) is 23.0. The normalized spacial score (nSPS) is 14.7. The van der Waals surface area contributed by atoms with Crippen molar-refractivity contribution in [1.29, 1.82) is 0 Å². The Kier molecular flexibility index (Phi) is 9.87. The van der Waals surface area contributed by atoms with Crippen LogP contribution in [-0.2, 0) is 16.4 Å². The van der Waals surface area contributed by atoms with Gasteiger partial charge in [-0.2, -0.15) is 0 Å². The molecule has 34 heavy (non-hydrogen) atoms. The number of ether oxygens (including phenoxy) is 1. The first-order valence-corrected chi connectivity index (χ1v) is 12.5. The fraction of sp³-hybridized carbons (Fsp3) is 0.458. The van der Waals surface area contributed by atoms with E-state index in [9.17, 15) is 23.4 Å². The van der Waals surface area contributed by atoms with Crippen molar-refractivity contribution in [1.82, 2.24) is 10.0 Å². The van der Waals surface area contributed by atoms with Gasteiger partial charge in [-0.3, -0.25) is 0 Å². The molecule has 0 aliphatic rings. The summed E-state index contributed by atoms with van der Waals surface area (Å²) in [6.45, 7) is 4.25. The van der Waals surface area contributed by atoms with Crippen molar-refractivity contribution in [3.05, 3.63) is 60.2 Å². The maximum Gasteiger partial charge on any atom is 0.404 e. The molecule has 2 aromatic carbocycles. The molecule has 0 spiro atoms. The number of aliphatic hydroxyl groups excluding tert-OH is 1. The Morgan fingerprint density at radius 2 is 1.71 bits per heavy atom. The van der Waals surface area contributed by atoms with Gasteiger partial charge in [0.25, 0.3) is 0 Å².